The maximum Gasteiger partial charge on any atom is 0.275 e. The Bertz CT molecular complexity index is 765. The standard InChI is InChI=1S/C18H20ClFN2O4/c1-24-9-12-3-2-6-22(8-12)18(23)15-10-26-17(21-15)11-25-16-5-4-13(20)7-14(16)19/h4-5,7,10,12H,2-3,6,8-9,11H2,1H3/t12-/m0/s1. The number of aromatic nitrogens is 1. The van der Waals surface area contributed by atoms with Crippen molar-refractivity contribution in [1.29, 1.82) is 0 Å². The molecule has 1 fully saturated rings. The minimum Gasteiger partial charge on any atom is -0.482 e. The maximum atomic E-state index is 13.0. The van der Waals surface area contributed by atoms with Gasteiger partial charge < -0.3 is 18.8 Å². The molecule has 0 unspecified atom stereocenters. The highest BCUT2D eigenvalue weighted by atomic mass is 35.5. The van der Waals surface area contributed by atoms with E-state index in [1.807, 2.05) is 0 Å². The fourth-order valence-electron chi connectivity index (χ4n) is 2.99. The van der Waals surface area contributed by atoms with E-state index in [2.05, 4.69) is 4.98 Å². The van der Waals surface area contributed by atoms with Crippen molar-refractivity contribution < 1.29 is 23.1 Å². The molecule has 1 aromatic heterocycles. The van der Waals surface area contributed by atoms with Crippen LogP contribution in [0.1, 0.15) is 29.2 Å². The Balaban J connectivity index is 1.59. The highest BCUT2D eigenvalue weighted by Gasteiger charge is 2.26. The number of amides is 1. The average Bonchev–Trinajstić information content (AvgIpc) is 3.10. The molecule has 1 amide bonds. The summed E-state index contributed by atoms with van der Waals surface area (Å²) in [7, 11) is 1.66. The van der Waals surface area contributed by atoms with E-state index in [1.54, 1.807) is 12.0 Å². The van der Waals surface area contributed by atoms with Gasteiger partial charge in [-0.25, -0.2) is 9.37 Å². The molecule has 0 spiro atoms. The van der Waals surface area contributed by atoms with Crippen molar-refractivity contribution in [3.8, 4) is 5.75 Å². The normalized spacial score (nSPS) is 17.3. The smallest absolute Gasteiger partial charge is 0.275 e. The molecular weight excluding hydrogens is 363 g/mol. The quantitative estimate of drug-likeness (QED) is 0.764. The van der Waals surface area contributed by atoms with Crippen LogP contribution >= 0.6 is 11.6 Å². The molecule has 3 rings (SSSR count). The van der Waals surface area contributed by atoms with Crippen molar-refractivity contribution in [3.63, 3.8) is 0 Å². The van der Waals surface area contributed by atoms with Crippen LogP contribution in [-0.4, -0.2) is 42.6 Å². The van der Waals surface area contributed by atoms with Gasteiger partial charge >= 0.3 is 0 Å². The lowest BCUT2D eigenvalue weighted by molar-refractivity contribution is 0.0565. The number of methoxy groups -OCH3 is 1. The summed E-state index contributed by atoms with van der Waals surface area (Å²) < 4.78 is 29.0. The second-order valence-electron chi connectivity index (χ2n) is 6.20. The van der Waals surface area contributed by atoms with E-state index in [0.29, 0.717) is 31.4 Å². The molecule has 8 heteroatoms. The van der Waals surface area contributed by atoms with E-state index in [-0.39, 0.29) is 29.1 Å². The zero-order chi connectivity index (χ0) is 18.5. The van der Waals surface area contributed by atoms with E-state index in [4.69, 9.17) is 25.5 Å². The van der Waals surface area contributed by atoms with E-state index >= 15 is 0 Å². The second-order valence-corrected chi connectivity index (χ2v) is 6.61. The van der Waals surface area contributed by atoms with Gasteiger partial charge in [-0.1, -0.05) is 11.6 Å². The summed E-state index contributed by atoms with van der Waals surface area (Å²) >= 11 is 5.91. The second kappa shape index (κ2) is 8.51. The van der Waals surface area contributed by atoms with Crippen LogP contribution in [0.3, 0.4) is 0 Å². The Kier molecular flexibility index (Phi) is 6.11. The Labute approximate surface area is 155 Å². The molecule has 140 valence electrons. The number of rotatable bonds is 6. The van der Waals surface area contributed by atoms with Crippen molar-refractivity contribution in [2.45, 2.75) is 19.4 Å². The predicted octanol–water partition coefficient (Wildman–Crippen LogP) is 3.54. The Morgan fingerprint density at radius 1 is 1.50 bits per heavy atom. The van der Waals surface area contributed by atoms with Crippen LogP contribution in [-0.2, 0) is 11.3 Å². The lowest BCUT2D eigenvalue weighted by Gasteiger charge is -2.31. The van der Waals surface area contributed by atoms with Crippen molar-refractivity contribution in [3.05, 3.63) is 46.9 Å². The number of hydrogen-bond acceptors (Lipinski definition) is 5. The van der Waals surface area contributed by atoms with Gasteiger partial charge in [-0.05, 0) is 37.0 Å². The molecule has 1 saturated heterocycles. The van der Waals surface area contributed by atoms with E-state index in [1.165, 1.54) is 18.4 Å². The number of ether oxygens (including phenoxy) is 2. The van der Waals surface area contributed by atoms with Gasteiger partial charge in [-0.2, -0.15) is 0 Å². The molecule has 2 aromatic rings. The summed E-state index contributed by atoms with van der Waals surface area (Å²) in [6.07, 6.45) is 3.32. The molecule has 0 saturated carbocycles. The van der Waals surface area contributed by atoms with Crippen LogP contribution in [0.25, 0.3) is 0 Å². The van der Waals surface area contributed by atoms with E-state index in [0.717, 1.165) is 18.9 Å². The molecule has 0 aliphatic carbocycles. The molecule has 0 bridgehead atoms. The molecule has 1 aliphatic rings. The first-order valence-corrected chi connectivity index (χ1v) is 8.75. The van der Waals surface area contributed by atoms with Crippen molar-refractivity contribution in [1.82, 2.24) is 9.88 Å². The highest BCUT2D eigenvalue weighted by molar-refractivity contribution is 6.32. The first kappa shape index (κ1) is 18.7. The fourth-order valence-corrected chi connectivity index (χ4v) is 3.21. The number of nitrogens with zero attached hydrogens (tertiary/aromatic N) is 2. The molecule has 1 aromatic carbocycles. The number of oxazole rings is 1. The first-order chi connectivity index (χ1) is 12.6. The molecule has 0 radical (unpaired) electrons. The van der Waals surface area contributed by atoms with Crippen LogP contribution in [0, 0.1) is 11.7 Å². The number of likely N-dealkylation sites (tertiary alicyclic amines) is 1. The lowest BCUT2D eigenvalue weighted by atomic mass is 9.99. The Morgan fingerprint density at radius 2 is 2.35 bits per heavy atom. The average molecular weight is 383 g/mol. The monoisotopic (exact) mass is 382 g/mol. The van der Waals surface area contributed by atoms with Crippen molar-refractivity contribution in [2.75, 3.05) is 26.8 Å². The van der Waals surface area contributed by atoms with Crippen LogP contribution in [0.5, 0.6) is 5.75 Å². The number of hydrogen-bond donors (Lipinski definition) is 0. The molecule has 2 heterocycles. The van der Waals surface area contributed by atoms with Gasteiger partial charge in [0.15, 0.2) is 12.3 Å². The number of halogens is 2. The molecule has 1 aliphatic heterocycles. The van der Waals surface area contributed by atoms with Gasteiger partial charge in [0, 0.05) is 20.2 Å². The van der Waals surface area contributed by atoms with Gasteiger partial charge in [0.25, 0.3) is 5.91 Å². The zero-order valence-electron chi connectivity index (χ0n) is 14.4. The minimum absolute atomic E-state index is 0.00900. The van der Waals surface area contributed by atoms with Crippen LogP contribution in [0.15, 0.2) is 28.9 Å². The van der Waals surface area contributed by atoms with E-state index in [9.17, 15) is 9.18 Å². The van der Waals surface area contributed by atoms with Gasteiger partial charge in [-0.15, -0.1) is 0 Å². The zero-order valence-corrected chi connectivity index (χ0v) is 15.2. The third kappa shape index (κ3) is 4.53. The minimum atomic E-state index is -0.445. The number of carbonyl (C=O) groups is 1. The van der Waals surface area contributed by atoms with Crippen LogP contribution in [0.2, 0.25) is 5.02 Å². The Morgan fingerprint density at radius 3 is 3.12 bits per heavy atom. The fraction of sp³-hybridized carbons (Fsp3) is 0.444. The molecule has 26 heavy (non-hydrogen) atoms. The number of carbonyl (C=O) groups excluding carboxylic acids is 1. The summed E-state index contributed by atoms with van der Waals surface area (Å²) in [5.41, 5.74) is 0.242. The third-order valence-electron chi connectivity index (χ3n) is 4.22. The number of piperidine rings is 1. The molecule has 1 atom stereocenters. The van der Waals surface area contributed by atoms with Crippen molar-refractivity contribution >= 4 is 17.5 Å². The van der Waals surface area contributed by atoms with Gasteiger partial charge in [0.05, 0.1) is 11.6 Å². The van der Waals surface area contributed by atoms with E-state index < -0.39 is 5.82 Å². The van der Waals surface area contributed by atoms with Crippen LogP contribution in [0.4, 0.5) is 4.39 Å². The maximum absolute atomic E-state index is 13.0. The highest BCUT2D eigenvalue weighted by Crippen LogP contribution is 2.26. The van der Waals surface area contributed by atoms with Gasteiger partial charge in [0.1, 0.15) is 17.8 Å². The third-order valence-corrected chi connectivity index (χ3v) is 4.52. The summed E-state index contributed by atoms with van der Waals surface area (Å²) in [6.45, 7) is 1.98. The topological polar surface area (TPSA) is 64.8 Å². The summed E-state index contributed by atoms with van der Waals surface area (Å²) in [5.74, 6) is 0.296. The first-order valence-electron chi connectivity index (χ1n) is 8.37. The summed E-state index contributed by atoms with van der Waals surface area (Å²) in [5, 5.41) is 0.158. The Hall–Kier alpha value is -2.12. The molecule has 0 N–H and O–H groups in total. The molecule has 6 nitrogen and oxygen atoms in total. The van der Waals surface area contributed by atoms with Crippen molar-refractivity contribution in [2.24, 2.45) is 5.92 Å². The van der Waals surface area contributed by atoms with Gasteiger partial charge in [-0.3, -0.25) is 4.79 Å². The number of benzene rings is 1. The lowest BCUT2D eigenvalue weighted by Crippen LogP contribution is -2.41. The SMILES string of the molecule is COC[C@H]1CCCN(C(=O)c2coc(COc3ccc(F)cc3Cl)n2)C1. The van der Waals surface area contributed by atoms with Gasteiger partial charge in [0.2, 0.25) is 5.89 Å². The van der Waals surface area contributed by atoms with Crippen LogP contribution < -0.4 is 4.74 Å². The predicted molar refractivity (Wildman–Crippen MR) is 92.7 cm³/mol. The largest absolute Gasteiger partial charge is 0.482 e. The summed E-state index contributed by atoms with van der Waals surface area (Å²) in [4.78, 5) is 18.5. The molecular formula is C18H20ClFN2O4. The summed E-state index contributed by atoms with van der Waals surface area (Å²) in [6, 6.07) is 3.84.